The monoisotopic (exact) mass is 207 g/mol. The molecule has 0 saturated heterocycles. The molecule has 87 valence electrons. The largest absolute Gasteiger partial charge is 0.0533 e. The third-order valence-corrected chi connectivity index (χ3v) is 4.45. The molecule has 2 saturated carbocycles. The summed E-state index contributed by atoms with van der Waals surface area (Å²) in [6, 6.07) is 0. The van der Waals surface area contributed by atoms with Gasteiger partial charge in [0.25, 0.3) is 0 Å². The lowest BCUT2D eigenvalue weighted by Crippen LogP contribution is -2.09. The molecule has 1 radical (unpaired) electrons. The van der Waals surface area contributed by atoms with Crippen molar-refractivity contribution in [2.75, 3.05) is 0 Å². The zero-order valence-electron chi connectivity index (χ0n) is 10.2. The Balaban J connectivity index is 1.53. The van der Waals surface area contributed by atoms with E-state index in [4.69, 9.17) is 0 Å². The second kappa shape index (κ2) is 6.55. The topological polar surface area (TPSA) is 0 Å². The van der Waals surface area contributed by atoms with Crippen LogP contribution in [0.5, 0.6) is 0 Å². The first-order valence-electron chi connectivity index (χ1n) is 7.28. The van der Waals surface area contributed by atoms with Gasteiger partial charge in [-0.2, -0.15) is 0 Å². The lowest BCUT2D eigenvalue weighted by molar-refractivity contribution is 0.325. The van der Waals surface area contributed by atoms with Gasteiger partial charge in [-0.3, -0.25) is 0 Å². The molecule has 0 amide bonds. The van der Waals surface area contributed by atoms with E-state index in [1.54, 1.807) is 0 Å². The molecule has 15 heavy (non-hydrogen) atoms. The summed E-state index contributed by atoms with van der Waals surface area (Å²) in [6.07, 6.45) is 20.6. The summed E-state index contributed by atoms with van der Waals surface area (Å²) in [7, 11) is 0. The number of hydrogen-bond acceptors (Lipinski definition) is 0. The Kier molecular flexibility index (Phi) is 5.02. The fourth-order valence-corrected chi connectivity index (χ4v) is 3.41. The Bertz CT molecular complexity index is 131. The first-order valence-corrected chi connectivity index (χ1v) is 7.28. The molecule has 2 fully saturated rings. The first-order chi connectivity index (χ1) is 7.45. The average molecular weight is 207 g/mol. The summed E-state index contributed by atoms with van der Waals surface area (Å²) < 4.78 is 0. The fourth-order valence-electron chi connectivity index (χ4n) is 3.41. The smallest absolute Gasteiger partial charge is 0.0355 e. The van der Waals surface area contributed by atoms with Gasteiger partial charge in [-0.1, -0.05) is 70.6 Å². The first kappa shape index (κ1) is 11.5. The molecule has 0 N–H and O–H groups in total. The predicted molar refractivity (Wildman–Crippen MR) is 66.7 cm³/mol. The van der Waals surface area contributed by atoms with Gasteiger partial charge in [-0.25, -0.2) is 0 Å². The second-order valence-corrected chi connectivity index (χ2v) is 5.72. The van der Waals surface area contributed by atoms with Crippen molar-refractivity contribution < 1.29 is 0 Å². The fraction of sp³-hybridized carbons (Fsp3) is 0.933. The van der Waals surface area contributed by atoms with Crippen molar-refractivity contribution in [3.63, 3.8) is 0 Å². The van der Waals surface area contributed by atoms with E-state index in [1.165, 1.54) is 77.0 Å². The van der Waals surface area contributed by atoms with Crippen molar-refractivity contribution in [2.24, 2.45) is 11.8 Å². The van der Waals surface area contributed by atoms with E-state index >= 15 is 0 Å². The van der Waals surface area contributed by atoms with Crippen LogP contribution in [0.15, 0.2) is 0 Å². The van der Waals surface area contributed by atoms with Crippen LogP contribution >= 0.6 is 0 Å². The van der Waals surface area contributed by atoms with Gasteiger partial charge in [0, 0.05) is 0 Å². The predicted octanol–water partition coefficient (Wildman–Crippen LogP) is 5.13. The normalized spacial score (nSPS) is 25.6. The zero-order valence-corrected chi connectivity index (χ0v) is 10.2. The molecule has 0 aromatic carbocycles. The SMILES string of the molecule is [CH](CCC1CCCCC1)C1CCCCC1. The highest BCUT2D eigenvalue weighted by atomic mass is 14.2. The van der Waals surface area contributed by atoms with Gasteiger partial charge in [0.1, 0.15) is 0 Å². The standard InChI is InChI=1S/C15H27/c1-3-8-14(9-4-1)12-7-13-15-10-5-2-6-11-15/h12,14-15H,1-11,13H2. The molecule has 0 aliphatic heterocycles. The van der Waals surface area contributed by atoms with Gasteiger partial charge in [-0.15, -0.1) is 0 Å². The van der Waals surface area contributed by atoms with E-state index in [0.717, 1.165) is 11.8 Å². The highest BCUT2D eigenvalue weighted by Gasteiger charge is 2.16. The van der Waals surface area contributed by atoms with Crippen LogP contribution in [0.3, 0.4) is 0 Å². The maximum Gasteiger partial charge on any atom is -0.0355 e. The molecule has 0 spiro atoms. The van der Waals surface area contributed by atoms with Crippen molar-refractivity contribution in [1.29, 1.82) is 0 Å². The van der Waals surface area contributed by atoms with E-state index in [1.807, 2.05) is 0 Å². The van der Waals surface area contributed by atoms with Crippen LogP contribution in [0, 0.1) is 18.3 Å². The lowest BCUT2D eigenvalue weighted by Gasteiger charge is -2.24. The Morgan fingerprint density at radius 3 is 2.00 bits per heavy atom. The molecule has 0 aromatic rings. The van der Waals surface area contributed by atoms with E-state index < -0.39 is 0 Å². The highest BCUT2D eigenvalue weighted by Crippen LogP contribution is 2.31. The Morgan fingerprint density at radius 2 is 1.33 bits per heavy atom. The van der Waals surface area contributed by atoms with Crippen molar-refractivity contribution in [3.8, 4) is 0 Å². The Hall–Kier alpha value is 0. The molecule has 0 atom stereocenters. The van der Waals surface area contributed by atoms with Crippen molar-refractivity contribution in [1.82, 2.24) is 0 Å². The van der Waals surface area contributed by atoms with E-state index in [2.05, 4.69) is 6.42 Å². The molecule has 0 aromatic heterocycles. The highest BCUT2D eigenvalue weighted by molar-refractivity contribution is 4.80. The quantitative estimate of drug-likeness (QED) is 0.599. The van der Waals surface area contributed by atoms with Gasteiger partial charge < -0.3 is 0 Å². The van der Waals surface area contributed by atoms with Gasteiger partial charge in [0.2, 0.25) is 0 Å². The molecule has 2 rings (SSSR count). The molecule has 2 aliphatic carbocycles. The molecule has 0 heteroatoms. The van der Waals surface area contributed by atoms with E-state index in [-0.39, 0.29) is 0 Å². The maximum atomic E-state index is 2.66. The van der Waals surface area contributed by atoms with Gasteiger partial charge >= 0.3 is 0 Å². The Morgan fingerprint density at radius 1 is 0.733 bits per heavy atom. The molecular weight excluding hydrogens is 180 g/mol. The third kappa shape index (κ3) is 4.17. The summed E-state index contributed by atoms with van der Waals surface area (Å²) in [4.78, 5) is 0. The summed E-state index contributed by atoms with van der Waals surface area (Å²) in [6.45, 7) is 0. The summed E-state index contributed by atoms with van der Waals surface area (Å²) in [5.74, 6) is 2.07. The van der Waals surface area contributed by atoms with E-state index in [0.29, 0.717) is 0 Å². The molecular formula is C15H27. The van der Waals surface area contributed by atoms with Crippen LogP contribution in [0.4, 0.5) is 0 Å². The summed E-state index contributed by atoms with van der Waals surface area (Å²) in [5, 5.41) is 0. The second-order valence-electron chi connectivity index (χ2n) is 5.72. The van der Waals surface area contributed by atoms with Crippen LogP contribution in [-0.2, 0) is 0 Å². The maximum absolute atomic E-state index is 2.66. The average Bonchev–Trinajstić information content (AvgIpc) is 2.32. The van der Waals surface area contributed by atoms with Gasteiger partial charge in [-0.05, 0) is 24.7 Å². The molecule has 0 heterocycles. The van der Waals surface area contributed by atoms with Crippen molar-refractivity contribution in [2.45, 2.75) is 77.0 Å². The van der Waals surface area contributed by atoms with Crippen LogP contribution in [0.2, 0.25) is 0 Å². The minimum atomic E-state index is 0.988. The zero-order chi connectivity index (χ0) is 10.3. The molecule has 2 aliphatic rings. The minimum Gasteiger partial charge on any atom is -0.0533 e. The minimum absolute atomic E-state index is 0.988. The number of rotatable bonds is 4. The lowest BCUT2D eigenvalue weighted by atomic mass is 9.82. The summed E-state index contributed by atoms with van der Waals surface area (Å²) >= 11 is 0. The summed E-state index contributed by atoms with van der Waals surface area (Å²) in [5.41, 5.74) is 0. The Labute approximate surface area is 95.8 Å². The van der Waals surface area contributed by atoms with Crippen LogP contribution in [0.1, 0.15) is 77.0 Å². The van der Waals surface area contributed by atoms with Gasteiger partial charge in [0.15, 0.2) is 0 Å². The van der Waals surface area contributed by atoms with Crippen molar-refractivity contribution in [3.05, 3.63) is 6.42 Å². The van der Waals surface area contributed by atoms with E-state index in [9.17, 15) is 0 Å². The van der Waals surface area contributed by atoms with Crippen LogP contribution < -0.4 is 0 Å². The molecule has 0 unspecified atom stereocenters. The molecule has 0 bridgehead atoms. The van der Waals surface area contributed by atoms with Crippen LogP contribution in [0.25, 0.3) is 0 Å². The van der Waals surface area contributed by atoms with Crippen molar-refractivity contribution >= 4 is 0 Å². The van der Waals surface area contributed by atoms with Gasteiger partial charge in [0.05, 0.1) is 0 Å². The third-order valence-electron chi connectivity index (χ3n) is 4.45. The van der Waals surface area contributed by atoms with Crippen LogP contribution in [-0.4, -0.2) is 0 Å². The molecule has 0 nitrogen and oxygen atoms in total. The number of hydrogen-bond donors (Lipinski definition) is 0.